The lowest BCUT2D eigenvalue weighted by Gasteiger charge is -2.56. The lowest BCUT2D eigenvalue weighted by molar-refractivity contribution is -0.168. The Morgan fingerprint density at radius 1 is 1.07 bits per heavy atom. The molecule has 6 nitrogen and oxygen atoms in total. The highest BCUT2D eigenvalue weighted by molar-refractivity contribution is 5.91. The molecule has 1 saturated heterocycles. The van der Waals surface area contributed by atoms with Gasteiger partial charge in [0.1, 0.15) is 6.04 Å². The summed E-state index contributed by atoms with van der Waals surface area (Å²) in [5.74, 6) is 1.26. The van der Waals surface area contributed by atoms with Gasteiger partial charge in [0, 0.05) is 19.4 Å². The van der Waals surface area contributed by atoms with Crippen LogP contribution in [0.2, 0.25) is 0 Å². The first kappa shape index (κ1) is 18.9. The molecule has 150 valence electrons. The van der Waals surface area contributed by atoms with Crippen molar-refractivity contribution in [1.82, 2.24) is 4.90 Å². The Kier molecular flexibility index (Phi) is 4.81. The third kappa shape index (κ3) is 3.30. The van der Waals surface area contributed by atoms with E-state index in [1.807, 2.05) is 0 Å². The monoisotopic (exact) mass is 377 g/mol. The van der Waals surface area contributed by atoms with Crippen LogP contribution in [0.25, 0.3) is 0 Å². The van der Waals surface area contributed by atoms with Crippen molar-refractivity contribution in [3.63, 3.8) is 0 Å². The van der Waals surface area contributed by atoms with Gasteiger partial charge in [-0.1, -0.05) is 6.92 Å². The molecule has 0 aromatic rings. The SMILES string of the molecule is CCC(=O)[C@@H](C)OC(=O)[C@@H]1C[C@H](O)CN1C(=O)C12CC3CC(CC(C3)C1)C2. The molecule has 1 aliphatic heterocycles. The first-order valence-electron chi connectivity index (χ1n) is 10.5. The minimum absolute atomic E-state index is 0.0366. The van der Waals surface area contributed by atoms with Gasteiger partial charge >= 0.3 is 5.97 Å². The summed E-state index contributed by atoms with van der Waals surface area (Å²) in [4.78, 5) is 39.6. The van der Waals surface area contributed by atoms with Crippen LogP contribution in [0.3, 0.4) is 0 Å². The molecule has 4 aliphatic carbocycles. The zero-order valence-electron chi connectivity index (χ0n) is 16.4. The first-order valence-corrected chi connectivity index (χ1v) is 10.5. The van der Waals surface area contributed by atoms with Crippen LogP contribution in [0.5, 0.6) is 0 Å². The van der Waals surface area contributed by atoms with Crippen molar-refractivity contribution in [3.8, 4) is 0 Å². The number of ketones is 1. The number of rotatable bonds is 5. The minimum Gasteiger partial charge on any atom is -0.453 e. The number of likely N-dealkylation sites (tertiary alicyclic amines) is 1. The molecule has 5 rings (SSSR count). The summed E-state index contributed by atoms with van der Waals surface area (Å²) in [5.41, 5.74) is -0.345. The van der Waals surface area contributed by atoms with E-state index in [4.69, 9.17) is 4.74 Å². The van der Waals surface area contributed by atoms with E-state index >= 15 is 0 Å². The summed E-state index contributed by atoms with van der Waals surface area (Å²) in [6.07, 6.45) is 5.51. The van der Waals surface area contributed by atoms with Crippen molar-refractivity contribution in [2.24, 2.45) is 23.2 Å². The molecule has 0 aromatic heterocycles. The van der Waals surface area contributed by atoms with Crippen LogP contribution >= 0.6 is 0 Å². The second-order valence-corrected chi connectivity index (χ2v) is 9.46. The highest BCUT2D eigenvalue weighted by atomic mass is 16.5. The van der Waals surface area contributed by atoms with Gasteiger partial charge in [-0.3, -0.25) is 9.59 Å². The summed E-state index contributed by atoms with van der Waals surface area (Å²) in [6.45, 7) is 3.49. The molecule has 1 N–H and O–H groups in total. The second kappa shape index (κ2) is 6.87. The van der Waals surface area contributed by atoms with E-state index < -0.39 is 24.2 Å². The Bertz CT molecular complexity index is 609. The fourth-order valence-corrected chi connectivity index (χ4v) is 6.54. The highest BCUT2D eigenvalue weighted by Crippen LogP contribution is 2.60. The van der Waals surface area contributed by atoms with Crippen LogP contribution in [0.1, 0.15) is 65.2 Å². The predicted octanol–water partition coefficient (Wildman–Crippen LogP) is 2.08. The van der Waals surface area contributed by atoms with Crippen LogP contribution in [0, 0.1) is 23.2 Å². The number of ether oxygens (including phenoxy) is 1. The number of hydrogen-bond donors (Lipinski definition) is 1. The number of carbonyl (C=O) groups is 3. The van der Waals surface area contributed by atoms with Crippen molar-refractivity contribution in [1.29, 1.82) is 0 Å². The molecule has 6 heteroatoms. The van der Waals surface area contributed by atoms with E-state index in [0.717, 1.165) is 19.3 Å². The molecular weight excluding hydrogens is 346 g/mol. The van der Waals surface area contributed by atoms with E-state index in [1.165, 1.54) is 19.3 Å². The Morgan fingerprint density at radius 2 is 1.63 bits per heavy atom. The van der Waals surface area contributed by atoms with Gasteiger partial charge in [0.2, 0.25) is 5.91 Å². The van der Waals surface area contributed by atoms with E-state index in [9.17, 15) is 19.5 Å². The Balaban J connectivity index is 1.50. The molecule has 1 heterocycles. The molecular formula is C21H31NO5. The van der Waals surface area contributed by atoms with Crippen molar-refractivity contribution in [3.05, 3.63) is 0 Å². The van der Waals surface area contributed by atoms with Crippen LogP contribution in [-0.2, 0) is 19.1 Å². The standard InChI is InChI=1S/C21H31NO5/c1-3-18(24)12(2)27-19(25)17-7-16(23)11-22(17)20(26)21-8-13-4-14(9-21)6-15(5-13)10-21/h12-17,23H,3-11H2,1-2H3/t12-,13?,14?,15?,16+,17+,21?/m1/s1. The number of amides is 1. The number of hydrogen-bond acceptors (Lipinski definition) is 5. The predicted molar refractivity (Wildman–Crippen MR) is 97.6 cm³/mol. The maximum Gasteiger partial charge on any atom is 0.329 e. The highest BCUT2D eigenvalue weighted by Gasteiger charge is 2.57. The number of Topliss-reactive ketones (excluding diaryl/α,β-unsaturated/α-hetero) is 1. The van der Waals surface area contributed by atoms with Crippen molar-refractivity contribution in [2.75, 3.05) is 6.54 Å². The molecule has 0 spiro atoms. The molecule has 0 unspecified atom stereocenters. The van der Waals surface area contributed by atoms with Gasteiger partial charge in [-0.25, -0.2) is 4.79 Å². The van der Waals surface area contributed by atoms with Crippen molar-refractivity contribution >= 4 is 17.7 Å². The zero-order chi connectivity index (χ0) is 19.3. The van der Waals surface area contributed by atoms with E-state index in [1.54, 1.807) is 18.7 Å². The topological polar surface area (TPSA) is 83.9 Å². The van der Waals surface area contributed by atoms with Crippen LogP contribution in [-0.4, -0.2) is 52.5 Å². The summed E-state index contributed by atoms with van der Waals surface area (Å²) in [5, 5.41) is 10.2. The lowest BCUT2D eigenvalue weighted by atomic mass is 9.49. The third-order valence-corrected chi connectivity index (χ3v) is 7.40. The molecule has 0 aromatic carbocycles. The summed E-state index contributed by atoms with van der Waals surface area (Å²) in [6, 6.07) is -0.771. The summed E-state index contributed by atoms with van der Waals surface area (Å²) in [7, 11) is 0. The number of nitrogens with zero attached hydrogens (tertiary/aromatic N) is 1. The van der Waals surface area contributed by atoms with Crippen LogP contribution < -0.4 is 0 Å². The molecule has 4 saturated carbocycles. The van der Waals surface area contributed by atoms with Gasteiger partial charge < -0.3 is 14.7 Å². The van der Waals surface area contributed by atoms with Gasteiger partial charge in [-0.15, -0.1) is 0 Å². The largest absolute Gasteiger partial charge is 0.453 e. The average molecular weight is 377 g/mol. The average Bonchev–Trinajstić information content (AvgIpc) is 3.00. The maximum absolute atomic E-state index is 13.6. The summed E-state index contributed by atoms with van der Waals surface area (Å²) < 4.78 is 5.34. The number of aliphatic hydroxyl groups excluding tert-OH is 1. The minimum atomic E-state index is -0.809. The Labute approximate surface area is 160 Å². The number of β-amino-alcohol motifs (C(OH)–C–C–N with tert-alkyl or cyclic N) is 1. The third-order valence-electron chi connectivity index (χ3n) is 7.40. The number of aliphatic hydroxyl groups is 1. The maximum atomic E-state index is 13.6. The van der Waals surface area contributed by atoms with Gasteiger partial charge in [0.15, 0.2) is 11.9 Å². The molecule has 5 aliphatic rings. The fourth-order valence-electron chi connectivity index (χ4n) is 6.54. The van der Waals surface area contributed by atoms with E-state index in [-0.39, 0.29) is 30.1 Å². The number of esters is 1. The zero-order valence-corrected chi connectivity index (χ0v) is 16.4. The van der Waals surface area contributed by atoms with Gasteiger partial charge in [0.05, 0.1) is 11.5 Å². The molecule has 3 atom stereocenters. The van der Waals surface area contributed by atoms with E-state index in [0.29, 0.717) is 24.2 Å². The molecule has 1 amide bonds. The normalized spacial score (nSPS) is 40.9. The molecule has 0 radical (unpaired) electrons. The fraction of sp³-hybridized carbons (Fsp3) is 0.857. The smallest absolute Gasteiger partial charge is 0.329 e. The van der Waals surface area contributed by atoms with Crippen molar-refractivity contribution in [2.45, 2.75) is 83.5 Å². The van der Waals surface area contributed by atoms with Gasteiger partial charge in [0.25, 0.3) is 0 Å². The molecule has 5 fully saturated rings. The van der Waals surface area contributed by atoms with E-state index in [2.05, 4.69) is 0 Å². The first-order chi connectivity index (χ1) is 12.8. The lowest BCUT2D eigenvalue weighted by Crippen LogP contribution is -2.56. The Morgan fingerprint density at radius 3 is 2.15 bits per heavy atom. The Hall–Kier alpha value is -1.43. The quantitative estimate of drug-likeness (QED) is 0.742. The van der Waals surface area contributed by atoms with Gasteiger partial charge in [-0.2, -0.15) is 0 Å². The molecule has 27 heavy (non-hydrogen) atoms. The van der Waals surface area contributed by atoms with Crippen LogP contribution in [0.15, 0.2) is 0 Å². The van der Waals surface area contributed by atoms with Gasteiger partial charge in [-0.05, 0) is 63.2 Å². The number of carbonyl (C=O) groups excluding carboxylic acids is 3. The molecule has 4 bridgehead atoms. The summed E-state index contributed by atoms with van der Waals surface area (Å²) >= 11 is 0. The van der Waals surface area contributed by atoms with Crippen molar-refractivity contribution < 1.29 is 24.2 Å². The van der Waals surface area contributed by atoms with Crippen LogP contribution in [0.4, 0.5) is 0 Å². The second-order valence-electron chi connectivity index (χ2n) is 9.46.